The first kappa shape index (κ1) is 31.5. The van der Waals surface area contributed by atoms with Gasteiger partial charge in [-0.05, 0) is 48.2 Å². The Labute approximate surface area is 276 Å². The molecule has 0 spiro atoms. The lowest BCUT2D eigenvalue weighted by molar-refractivity contribution is 0.583. The molecule has 0 aromatic heterocycles. The first-order chi connectivity index (χ1) is 22.9. The zero-order valence-electron chi connectivity index (χ0n) is 25.8. The molecule has 6 aromatic carbocycles. The van der Waals surface area contributed by atoms with Crippen molar-refractivity contribution < 1.29 is 0 Å². The van der Waals surface area contributed by atoms with Crippen LogP contribution in [0.15, 0.2) is 192 Å². The van der Waals surface area contributed by atoms with Gasteiger partial charge in [-0.3, -0.25) is 9.98 Å². The van der Waals surface area contributed by atoms with E-state index in [2.05, 4.69) is 194 Å². The smallest absolute Gasteiger partial charge is 0.101 e. The van der Waals surface area contributed by atoms with Gasteiger partial charge in [0.2, 0.25) is 0 Å². The maximum atomic E-state index is 5.36. The second kappa shape index (κ2) is 16.7. The van der Waals surface area contributed by atoms with Crippen LogP contribution in [0.2, 0.25) is 0 Å². The molecule has 2 nitrogen and oxygen atoms in total. The van der Waals surface area contributed by atoms with Crippen LogP contribution in [0, 0.1) is 0 Å². The molecule has 4 heteroatoms. The highest BCUT2D eigenvalue weighted by Gasteiger charge is 2.24. The summed E-state index contributed by atoms with van der Waals surface area (Å²) in [7, 11) is -1.16. The quantitative estimate of drug-likeness (QED) is 0.0898. The van der Waals surface area contributed by atoms with E-state index in [1.165, 1.54) is 32.3 Å². The number of hydrogen-bond donors (Lipinski definition) is 0. The fourth-order valence-electron chi connectivity index (χ4n) is 5.64. The molecule has 0 fully saturated rings. The third-order valence-electron chi connectivity index (χ3n) is 7.91. The molecule has 0 bridgehead atoms. The van der Waals surface area contributed by atoms with Crippen LogP contribution in [-0.2, 0) is 0 Å². The Bertz CT molecular complexity index is 1560. The van der Waals surface area contributed by atoms with Gasteiger partial charge < -0.3 is 0 Å². The van der Waals surface area contributed by atoms with Crippen molar-refractivity contribution in [3.63, 3.8) is 0 Å². The summed E-state index contributed by atoms with van der Waals surface area (Å²) in [6.07, 6.45) is 6.06. The van der Waals surface area contributed by atoms with Crippen LogP contribution >= 0.6 is 15.8 Å². The molecule has 0 saturated heterocycles. The maximum absolute atomic E-state index is 5.36. The van der Waals surface area contributed by atoms with Crippen molar-refractivity contribution in [2.75, 3.05) is 12.3 Å². The highest BCUT2D eigenvalue weighted by molar-refractivity contribution is 7.74. The van der Waals surface area contributed by atoms with Crippen molar-refractivity contribution >= 4 is 49.5 Å². The molecule has 6 aromatic rings. The monoisotopic (exact) mass is 632 g/mol. The zero-order chi connectivity index (χ0) is 31.2. The van der Waals surface area contributed by atoms with Crippen molar-refractivity contribution in [1.82, 2.24) is 0 Å². The minimum Gasteiger partial charge on any atom is -0.286 e. The fraction of sp³-hybridized carbons (Fsp3) is 0.0952. The largest absolute Gasteiger partial charge is 0.286 e. The topological polar surface area (TPSA) is 24.7 Å². The molecular weight excluding hydrogens is 594 g/mol. The van der Waals surface area contributed by atoms with Crippen LogP contribution in [0.1, 0.15) is 23.2 Å². The summed E-state index contributed by atoms with van der Waals surface area (Å²) in [5.74, 6) is 0. The lowest BCUT2D eigenvalue weighted by Crippen LogP contribution is -2.16. The first-order valence-corrected chi connectivity index (χ1v) is 18.8. The summed E-state index contributed by atoms with van der Waals surface area (Å²) in [4.78, 5) is 10.7. The second-order valence-corrected chi connectivity index (χ2v) is 15.4. The van der Waals surface area contributed by atoms with Gasteiger partial charge in [0.15, 0.2) is 0 Å². The molecular formula is C42H38N2P2. The first-order valence-electron chi connectivity index (χ1n) is 15.8. The van der Waals surface area contributed by atoms with Gasteiger partial charge in [-0.2, -0.15) is 0 Å². The fourth-order valence-corrected chi connectivity index (χ4v) is 9.72. The Morgan fingerprint density at radius 3 is 0.848 bits per heavy atom. The second-order valence-electron chi connectivity index (χ2n) is 10.9. The standard InChI is InChI=1S/C42H38N2P2/c1-7-19-35(20-8-1)41(43-31-33-45(37-23-11-3-12-24-37)38-25-13-4-14-26-38)42(36-21-9-2-10-22-36)44-32-34-46(39-27-15-5-16-28-39)40-29-17-6-18-30-40/h1-32,41-42H,33-34H2/t41-,42-/m0/s1. The van der Waals surface area contributed by atoms with Gasteiger partial charge >= 0.3 is 0 Å². The molecule has 0 unspecified atom stereocenters. The zero-order valence-corrected chi connectivity index (χ0v) is 27.6. The Hall–Kier alpha value is -4.48. The van der Waals surface area contributed by atoms with Gasteiger partial charge in [0.1, 0.15) is 12.1 Å². The molecule has 6 rings (SSSR count). The van der Waals surface area contributed by atoms with Gasteiger partial charge in [-0.15, -0.1) is 0 Å². The lowest BCUT2D eigenvalue weighted by Gasteiger charge is -2.23. The van der Waals surface area contributed by atoms with E-state index in [0.29, 0.717) is 0 Å². The molecule has 0 N–H and O–H groups in total. The van der Waals surface area contributed by atoms with Gasteiger partial charge in [0.25, 0.3) is 0 Å². The summed E-state index contributed by atoms with van der Waals surface area (Å²) >= 11 is 0. The molecule has 0 aliphatic rings. The molecule has 0 amide bonds. The Balaban J connectivity index is 1.34. The SMILES string of the molecule is C(CP(c1ccccc1)c1ccccc1)=N[C@@H](c1ccccc1)[C@@H](N=CCP(c1ccccc1)c1ccccc1)c1ccccc1. The van der Waals surface area contributed by atoms with Crippen LogP contribution < -0.4 is 21.2 Å². The average molecular weight is 633 g/mol. The van der Waals surface area contributed by atoms with Gasteiger partial charge in [-0.1, -0.05) is 182 Å². The van der Waals surface area contributed by atoms with Gasteiger partial charge in [-0.25, -0.2) is 0 Å². The van der Waals surface area contributed by atoms with E-state index in [9.17, 15) is 0 Å². The molecule has 2 atom stereocenters. The number of rotatable bonds is 13. The number of benzene rings is 6. The molecule has 0 radical (unpaired) electrons. The van der Waals surface area contributed by atoms with Crippen molar-refractivity contribution in [2.45, 2.75) is 12.1 Å². The molecule has 0 heterocycles. The van der Waals surface area contributed by atoms with Crippen LogP contribution in [-0.4, -0.2) is 24.8 Å². The van der Waals surface area contributed by atoms with E-state index in [1.807, 2.05) is 0 Å². The van der Waals surface area contributed by atoms with Crippen molar-refractivity contribution in [2.24, 2.45) is 9.98 Å². The normalized spacial score (nSPS) is 13.0. The molecule has 226 valence electrons. The minimum atomic E-state index is -0.580. The number of nitrogens with zero attached hydrogens (tertiary/aromatic N) is 2. The van der Waals surface area contributed by atoms with Gasteiger partial charge in [0.05, 0.1) is 0 Å². The van der Waals surface area contributed by atoms with Crippen molar-refractivity contribution in [3.8, 4) is 0 Å². The number of aliphatic imine (C=N–C) groups is 2. The summed E-state index contributed by atoms with van der Waals surface area (Å²) in [5, 5.41) is 5.44. The van der Waals surface area contributed by atoms with Gasteiger partial charge in [0, 0.05) is 24.8 Å². The summed E-state index contributed by atoms with van der Waals surface area (Å²) in [5.41, 5.74) is 2.34. The maximum Gasteiger partial charge on any atom is 0.101 e. The van der Waals surface area contributed by atoms with Crippen LogP contribution in [0.25, 0.3) is 0 Å². The van der Waals surface area contributed by atoms with E-state index in [1.54, 1.807) is 0 Å². The van der Waals surface area contributed by atoms with Crippen molar-refractivity contribution in [3.05, 3.63) is 193 Å². The van der Waals surface area contributed by atoms with E-state index in [0.717, 1.165) is 12.3 Å². The molecule has 0 aliphatic heterocycles. The van der Waals surface area contributed by atoms with Crippen LogP contribution in [0.4, 0.5) is 0 Å². The predicted molar refractivity (Wildman–Crippen MR) is 203 cm³/mol. The Kier molecular flexibility index (Phi) is 11.5. The van der Waals surface area contributed by atoms with Crippen molar-refractivity contribution in [1.29, 1.82) is 0 Å². The summed E-state index contributed by atoms with van der Waals surface area (Å²) < 4.78 is 0. The summed E-state index contributed by atoms with van der Waals surface area (Å²) in [6, 6.07) is 64.4. The lowest BCUT2D eigenvalue weighted by atomic mass is 9.94. The molecule has 0 aliphatic carbocycles. The third kappa shape index (κ3) is 8.41. The van der Waals surface area contributed by atoms with E-state index in [4.69, 9.17) is 9.98 Å². The Morgan fingerprint density at radius 1 is 0.348 bits per heavy atom. The van der Waals surface area contributed by atoms with Crippen LogP contribution in [0.5, 0.6) is 0 Å². The molecule has 0 saturated carbocycles. The van der Waals surface area contributed by atoms with Crippen LogP contribution in [0.3, 0.4) is 0 Å². The van der Waals surface area contributed by atoms with E-state index >= 15 is 0 Å². The average Bonchev–Trinajstić information content (AvgIpc) is 3.14. The third-order valence-corrected chi connectivity index (χ3v) is 12.7. The molecule has 46 heavy (non-hydrogen) atoms. The summed E-state index contributed by atoms with van der Waals surface area (Å²) in [6.45, 7) is 0. The van der Waals surface area contributed by atoms with E-state index in [-0.39, 0.29) is 12.1 Å². The Morgan fingerprint density at radius 2 is 0.587 bits per heavy atom. The number of hydrogen-bond acceptors (Lipinski definition) is 2. The van der Waals surface area contributed by atoms with E-state index < -0.39 is 15.8 Å². The highest BCUT2D eigenvalue weighted by atomic mass is 31.1. The highest BCUT2D eigenvalue weighted by Crippen LogP contribution is 2.38. The minimum absolute atomic E-state index is 0.150. The predicted octanol–water partition coefficient (Wildman–Crippen LogP) is 8.88.